The van der Waals surface area contributed by atoms with Gasteiger partial charge in [0.15, 0.2) is 0 Å². The summed E-state index contributed by atoms with van der Waals surface area (Å²) in [6.45, 7) is 6.59. The van der Waals surface area contributed by atoms with Crippen LogP contribution < -0.4 is 10.2 Å². The molecule has 1 saturated heterocycles. The fourth-order valence-corrected chi connectivity index (χ4v) is 3.79. The van der Waals surface area contributed by atoms with Crippen molar-refractivity contribution in [3.05, 3.63) is 64.7 Å². The lowest BCUT2D eigenvalue weighted by Gasteiger charge is -2.33. The van der Waals surface area contributed by atoms with Crippen LogP contribution in [0.25, 0.3) is 0 Å². The summed E-state index contributed by atoms with van der Waals surface area (Å²) >= 11 is 6.14. The summed E-state index contributed by atoms with van der Waals surface area (Å²) in [5.74, 6) is 0.742. The largest absolute Gasteiger partial charge is 0.371 e. The van der Waals surface area contributed by atoms with Gasteiger partial charge >= 0.3 is 0 Å². The number of rotatable bonds is 5. The highest BCUT2D eigenvalue weighted by atomic mass is 35.5. The van der Waals surface area contributed by atoms with Crippen molar-refractivity contribution in [1.82, 2.24) is 5.32 Å². The number of nitrogens with zero attached hydrogens (tertiary/aromatic N) is 1. The molecule has 0 radical (unpaired) electrons. The molecule has 1 aliphatic heterocycles. The molecule has 0 saturated carbocycles. The lowest BCUT2D eigenvalue weighted by molar-refractivity contribution is -0.121. The molecule has 1 aliphatic rings. The smallest absolute Gasteiger partial charge is 0.224 e. The van der Waals surface area contributed by atoms with E-state index in [2.05, 4.69) is 41.4 Å². The number of halogens is 1. The van der Waals surface area contributed by atoms with Crippen molar-refractivity contribution >= 4 is 23.2 Å². The molecular formula is C22H27ClN2O. The Morgan fingerprint density at radius 1 is 1.23 bits per heavy atom. The van der Waals surface area contributed by atoms with Crippen molar-refractivity contribution in [3.8, 4) is 0 Å². The van der Waals surface area contributed by atoms with Gasteiger partial charge < -0.3 is 10.2 Å². The van der Waals surface area contributed by atoms with Gasteiger partial charge in [0.05, 0.1) is 12.5 Å². The van der Waals surface area contributed by atoms with Gasteiger partial charge in [-0.3, -0.25) is 4.79 Å². The lowest BCUT2D eigenvalue weighted by Crippen LogP contribution is -2.34. The zero-order chi connectivity index (χ0) is 18.5. The van der Waals surface area contributed by atoms with Crippen LogP contribution in [0.15, 0.2) is 48.5 Å². The third-order valence-corrected chi connectivity index (χ3v) is 5.47. The number of carbonyl (C=O) groups is 1. The van der Waals surface area contributed by atoms with Gasteiger partial charge in [-0.2, -0.15) is 0 Å². The summed E-state index contributed by atoms with van der Waals surface area (Å²) in [5, 5.41) is 3.70. The highest BCUT2D eigenvalue weighted by Gasteiger charge is 2.17. The van der Waals surface area contributed by atoms with Crippen LogP contribution in [0.5, 0.6) is 0 Å². The number of amides is 1. The van der Waals surface area contributed by atoms with E-state index in [1.807, 2.05) is 31.2 Å². The van der Waals surface area contributed by atoms with Crippen molar-refractivity contribution in [2.24, 2.45) is 5.92 Å². The Kier molecular flexibility index (Phi) is 6.20. The third-order valence-electron chi connectivity index (χ3n) is 5.10. The Bertz CT molecular complexity index is 744. The molecule has 0 aliphatic carbocycles. The van der Waals surface area contributed by atoms with Crippen LogP contribution in [-0.4, -0.2) is 19.0 Å². The van der Waals surface area contributed by atoms with Gasteiger partial charge in [-0.15, -0.1) is 0 Å². The van der Waals surface area contributed by atoms with Gasteiger partial charge in [-0.1, -0.05) is 48.9 Å². The van der Waals surface area contributed by atoms with E-state index < -0.39 is 0 Å². The fourth-order valence-electron chi connectivity index (χ4n) is 3.59. The minimum atomic E-state index is -0.0284. The maximum Gasteiger partial charge on any atom is 0.224 e. The normalized spacial score (nSPS) is 18.4. The maximum absolute atomic E-state index is 12.3. The molecule has 3 nitrogen and oxygen atoms in total. The number of piperidine rings is 1. The Hall–Kier alpha value is -2.00. The Morgan fingerprint density at radius 2 is 1.96 bits per heavy atom. The van der Waals surface area contributed by atoms with E-state index in [4.69, 9.17) is 11.6 Å². The summed E-state index contributed by atoms with van der Waals surface area (Å²) in [7, 11) is 0. The van der Waals surface area contributed by atoms with Crippen LogP contribution in [0.3, 0.4) is 0 Å². The second-order valence-corrected chi connectivity index (χ2v) is 7.75. The zero-order valence-corrected chi connectivity index (χ0v) is 16.3. The molecule has 2 aromatic rings. The second-order valence-electron chi connectivity index (χ2n) is 7.34. The van der Waals surface area contributed by atoms with E-state index in [-0.39, 0.29) is 11.9 Å². The van der Waals surface area contributed by atoms with E-state index >= 15 is 0 Å². The number of hydrogen-bond donors (Lipinski definition) is 1. The van der Waals surface area contributed by atoms with E-state index in [9.17, 15) is 4.79 Å². The quantitative estimate of drug-likeness (QED) is 0.803. The molecule has 0 bridgehead atoms. The summed E-state index contributed by atoms with van der Waals surface area (Å²) < 4.78 is 0. The molecule has 1 heterocycles. The zero-order valence-electron chi connectivity index (χ0n) is 15.5. The van der Waals surface area contributed by atoms with E-state index in [1.54, 1.807) is 0 Å². The van der Waals surface area contributed by atoms with Crippen molar-refractivity contribution < 1.29 is 4.79 Å². The standard InChI is InChI=1S/C22H27ClN2O/c1-16-6-5-13-25(15-16)20-11-9-18(10-12-20)17(2)24-22(26)14-19-7-3-4-8-21(19)23/h3-4,7-12,16-17H,5-6,13-15H2,1-2H3,(H,24,26). The predicted molar refractivity (Wildman–Crippen MR) is 109 cm³/mol. The van der Waals surface area contributed by atoms with Crippen LogP contribution in [0.4, 0.5) is 5.69 Å². The summed E-state index contributed by atoms with van der Waals surface area (Å²) in [6.07, 6.45) is 2.88. The molecule has 1 fully saturated rings. The first-order valence-electron chi connectivity index (χ1n) is 9.40. The molecule has 138 valence electrons. The first kappa shape index (κ1) is 18.8. The van der Waals surface area contributed by atoms with Crippen LogP contribution in [0, 0.1) is 5.92 Å². The Morgan fingerprint density at radius 3 is 2.65 bits per heavy atom. The Balaban J connectivity index is 1.58. The van der Waals surface area contributed by atoms with E-state index in [1.165, 1.54) is 18.5 Å². The number of hydrogen-bond acceptors (Lipinski definition) is 2. The van der Waals surface area contributed by atoms with Gasteiger partial charge in [0.1, 0.15) is 0 Å². The van der Waals surface area contributed by atoms with E-state index in [0.29, 0.717) is 11.4 Å². The first-order valence-corrected chi connectivity index (χ1v) is 9.78. The van der Waals surface area contributed by atoms with Crippen molar-refractivity contribution in [2.75, 3.05) is 18.0 Å². The predicted octanol–water partition coefficient (Wildman–Crippen LogP) is 5.00. The minimum absolute atomic E-state index is 0.0143. The highest BCUT2D eigenvalue weighted by molar-refractivity contribution is 6.31. The van der Waals surface area contributed by atoms with Gasteiger partial charge in [0, 0.05) is 23.8 Å². The van der Waals surface area contributed by atoms with Crippen LogP contribution in [0.1, 0.15) is 43.9 Å². The van der Waals surface area contributed by atoms with Crippen molar-refractivity contribution in [1.29, 1.82) is 0 Å². The second kappa shape index (κ2) is 8.59. The first-order chi connectivity index (χ1) is 12.5. The van der Waals surface area contributed by atoms with Crippen LogP contribution in [0.2, 0.25) is 5.02 Å². The number of benzene rings is 2. The number of anilines is 1. The molecule has 2 unspecified atom stereocenters. The average molecular weight is 371 g/mol. The molecule has 0 aromatic heterocycles. The molecule has 1 amide bonds. The molecule has 4 heteroatoms. The maximum atomic E-state index is 12.3. The highest BCUT2D eigenvalue weighted by Crippen LogP contribution is 2.24. The average Bonchev–Trinajstić information content (AvgIpc) is 2.64. The van der Waals surface area contributed by atoms with Crippen LogP contribution in [-0.2, 0) is 11.2 Å². The monoisotopic (exact) mass is 370 g/mol. The third kappa shape index (κ3) is 4.79. The lowest BCUT2D eigenvalue weighted by atomic mass is 9.99. The molecule has 26 heavy (non-hydrogen) atoms. The Labute approximate surface area is 161 Å². The summed E-state index contributed by atoms with van der Waals surface area (Å²) in [4.78, 5) is 14.8. The fraction of sp³-hybridized carbons (Fsp3) is 0.409. The molecule has 1 N–H and O–H groups in total. The molecule has 0 spiro atoms. The minimum Gasteiger partial charge on any atom is -0.371 e. The SMILES string of the molecule is CC1CCCN(c2ccc(C(C)NC(=O)Cc3ccccc3Cl)cc2)C1. The number of nitrogens with one attached hydrogen (secondary N) is 1. The van der Waals surface area contributed by atoms with E-state index in [0.717, 1.165) is 30.1 Å². The van der Waals surface area contributed by atoms with Crippen LogP contribution >= 0.6 is 11.6 Å². The number of carbonyl (C=O) groups excluding carboxylic acids is 1. The van der Waals surface area contributed by atoms with Crippen molar-refractivity contribution in [2.45, 2.75) is 39.2 Å². The van der Waals surface area contributed by atoms with Gasteiger partial charge in [0.2, 0.25) is 5.91 Å². The van der Waals surface area contributed by atoms with Gasteiger partial charge in [-0.25, -0.2) is 0 Å². The topological polar surface area (TPSA) is 32.3 Å². The molecule has 2 aromatic carbocycles. The van der Waals surface area contributed by atoms with Crippen molar-refractivity contribution in [3.63, 3.8) is 0 Å². The molecular weight excluding hydrogens is 344 g/mol. The van der Waals surface area contributed by atoms with Gasteiger partial charge in [-0.05, 0) is 55.0 Å². The molecule has 2 atom stereocenters. The molecule has 3 rings (SSSR count). The summed E-state index contributed by atoms with van der Waals surface area (Å²) in [5.41, 5.74) is 3.25. The van der Waals surface area contributed by atoms with Gasteiger partial charge in [0.25, 0.3) is 0 Å². The summed E-state index contributed by atoms with van der Waals surface area (Å²) in [6, 6.07) is 16.0.